The van der Waals surface area contributed by atoms with Crippen LogP contribution in [-0.4, -0.2) is 19.3 Å². The van der Waals surface area contributed by atoms with Crippen molar-refractivity contribution in [2.75, 3.05) is 13.2 Å². The van der Waals surface area contributed by atoms with Gasteiger partial charge >= 0.3 is 0 Å². The molecule has 0 bridgehead atoms. The summed E-state index contributed by atoms with van der Waals surface area (Å²) in [6.07, 6.45) is 0. The molecule has 0 aromatic carbocycles. The predicted molar refractivity (Wildman–Crippen MR) is 33.8 cm³/mol. The summed E-state index contributed by atoms with van der Waals surface area (Å²) in [5.74, 6) is 4.72. The second-order valence-corrected chi connectivity index (χ2v) is 1.76. The molecule has 0 spiro atoms. The van der Waals surface area contributed by atoms with Crippen LogP contribution in [0, 0.1) is 0 Å². The number of nitrogens with two attached hydrogens (primary N) is 2. The molecule has 0 heterocycles. The molecule has 4 N–H and O–H groups in total. The lowest BCUT2D eigenvalue weighted by molar-refractivity contribution is 0.110. The predicted octanol–water partition coefficient (Wildman–Crippen LogP) is -0.989. The molecule has 0 aliphatic carbocycles. The summed E-state index contributed by atoms with van der Waals surface area (Å²) in [5, 5.41) is 0. The minimum absolute atomic E-state index is 0.127. The summed E-state index contributed by atoms with van der Waals surface area (Å²) >= 11 is 0. The van der Waals surface area contributed by atoms with E-state index in [1.807, 2.05) is 0 Å². The lowest BCUT2D eigenvalue weighted by atomic mass is 10.4. The van der Waals surface area contributed by atoms with Crippen LogP contribution in [0.4, 0.5) is 0 Å². The van der Waals surface area contributed by atoms with Gasteiger partial charge in [-0.1, -0.05) is 0 Å². The van der Waals surface area contributed by atoms with Gasteiger partial charge in [-0.25, -0.2) is 5.90 Å². The summed E-state index contributed by atoms with van der Waals surface area (Å²) < 4.78 is 4.61. The van der Waals surface area contributed by atoms with Crippen molar-refractivity contribution < 1.29 is 9.36 Å². The van der Waals surface area contributed by atoms with Gasteiger partial charge in [-0.3, -0.25) is 0 Å². The molecule has 0 fully saturated rings. The Hall–Kier alpha value is 0.270. The molecule has 0 saturated heterocycles. The van der Waals surface area contributed by atoms with Crippen LogP contribution in [0.25, 0.3) is 0 Å². The van der Waals surface area contributed by atoms with Crippen LogP contribution < -0.4 is 11.6 Å². The quantitative estimate of drug-likeness (QED) is 0.386. The first-order valence-electron chi connectivity index (χ1n) is 2.20. The molecule has 50 valence electrons. The van der Waals surface area contributed by atoms with E-state index in [2.05, 4.69) is 18.8 Å². The van der Waals surface area contributed by atoms with Crippen LogP contribution >= 0.6 is 9.47 Å². The van der Waals surface area contributed by atoms with Crippen molar-refractivity contribution >= 4 is 9.47 Å². The van der Waals surface area contributed by atoms with Crippen molar-refractivity contribution in [3.8, 4) is 0 Å². The van der Waals surface area contributed by atoms with Gasteiger partial charge in [0.25, 0.3) is 0 Å². The summed E-state index contributed by atoms with van der Waals surface area (Å²) in [5.41, 5.74) is 5.35. The Morgan fingerprint density at radius 2 is 2.12 bits per heavy atom. The van der Waals surface area contributed by atoms with E-state index in [4.69, 9.17) is 11.6 Å². The molecule has 4 nitrogen and oxygen atoms in total. The molecule has 0 amide bonds. The highest BCUT2D eigenvalue weighted by Crippen LogP contribution is 1.86. The Balaban J connectivity index is 2.92. The SMILES string of the molecule is NOCC(N)COP. The minimum Gasteiger partial charge on any atom is -0.364 e. The van der Waals surface area contributed by atoms with Crippen molar-refractivity contribution in [1.29, 1.82) is 0 Å². The van der Waals surface area contributed by atoms with Crippen molar-refractivity contribution in [3.05, 3.63) is 0 Å². The van der Waals surface area contributed by atoms with Gasteiger partial charge in [0.2, 0.25) is 0 Å². The smallest absolute Gasteiger partial charge is 0.0853 e. The maximum Gasteiger partial charge on any atom is 0.0853 e. The van der Waals surface area contributed by atoms with Gasteiger partial charge in [-0.15, -0.1) is 0 Å². The molecule has 0 aromatic heterocycles. The zero-order valence-corrected chi connectivity index (χ0v) is 5.69. The van der Waals surface area contributed by atoms with Crippen LogP contribution in [0.3, 0.4) is 0 Å². The summed E-state index contributed by atoms with van der Waals surface area (Å²) in [7, 11) is 2.10. The highest BCUT2D eigenvalue weighted by molar-refractivity contribution is 7.09. The van der Waals surface area contributed by atoms with E-state index in [0.29, 0.717) is 13.2 Å². The third kappa shape index (κ3) is 4.43. The van der Waals surface area contributed by atoms with Crippen LogP contribution in [0.1, 0.15) is 0 Å². The number of hydrogen-bond donors (Lipinski definition) is 2. The summed E-state index contributed by atoms with van der Waals surface area (Å²) in [6, 6.07) is -0.127. The van der Waals surface area contributed by atoms with Gasteiger partial charge in [-0.05, 0) is 0 Å². The van der Waals surface area contributed by atoms with Gasteiger partial charge in [0, 0.05) is 9.47 Å². The topological polar surface area (TPSA) is 70.5 Å². The average molecular weight is 138 g/mol. The fourth-order valence-electron chi connectivity index (χ4n) is 0.295. The third-order valence-electron chi connectivity index (χ3n) is 0.621. The molecule has 2 unspecified atom stereocenters. The molecule has 2 atom stereocenters. The third-order valence-corrected chi connectivity index (χ3v) is 0.813. The lowest BCUT2D eigenvalue weighted by Gasteiger charge is -2.06. The van der Waals surface area contributed by atoms with E-state index in [1.165, 1.54) is 0 Å². The maximum absolute atomic E-state index is 5.35. The number of rotatable bonds is 4. The Labute approximate surface area is 50.7 Å². The van der Waals surface area contributed by atoms with Gasteiger partial charge in [-0.2, -0.15) is 0 Å². The van der Waals surface area contributed by atoms with E-state index >= 15 is 0 Å². The Kier molecular flexibility index (Phi) is 5.59. The standard InChI is InChI=1S/C3H11N2O2P/c4-3(1-6-5)2-7-8/h3H,1-2,4-5,8H2. The fraction of sp³-hybridized carbons (Fsp3) is 1.00. The van der Waals surface area contributed by atoms with E-state index < -0.39 is 0 Å². The summed E-state index contributed by atoms with van der Waals surface area (Å²) in [6.45, 7) is 0.774. The normalized spacial score (nSPS) is 13.9. The first-order chi connectivity index (χ1) is 3.81. The second kappa shape index (κ2) is 5.41. The highest BCUT2D eigenvalue weighted by atomic mass is 31.0. The van der Waals surface area contributed by atoms with Crippen LogP contribution in [0.5, 0.6) is 0 Å². The molecular formula is C3H11N2O2P. The Morgan fingerprint density at radius 1 is 1.50 bits per heavy atom. The van der Waals surface area contributed by atoms with Gasteiger partial charge in [0.05, 0.1) is 19.3 Å². The first-order valence-corrected chi connectivity index (χ1v) is 2.67. The maximum atomic E-state index is 5.35. The lowest BCUT2D eigenvalue weighted by Crippen LogP contribution is -2.31. The van der Waals surface area contributed by atoms with Crippen molar-refractivity contribution in [2.45, 2.75) is 6.04 Å². The van der Waals surface area contributed by atoms with Crippen molar-refractivity contribution in [1.82, 2.24) is 0 Å². The van der Waals surface area contributed by atoms with Crippen molar-refractivity contribution in [3.63, 3.8) is 0 Å². The van der Waals surface area contributed by atoms with Crippen LogP contribution in [0.2, 0.25) is 0 Å². The monoisotopic (exact) mass is 138 g/mol. The van der Waals surface area contributed by atoms with E-state index in [9.17, 15) is 0 Å². The van der Waals surface area contributed by atoms with Gasteiger partial charge in [0.1, 0.15) is 0 Å². The fourth-order valence-corrected chi connectivity index (χ4v) is 0.543. The molecule has 0 aliphatic rings. The molecule has 8 heavy (non-hydrogen) atoms. The Bertz CT molecular complexity index is 48.5. The zero-order chi connectivity index (χ0) is 6.41. The van der Waals surface area contributed by atoms with Crippen molar-refractivity contribution in [2.24, 2.45) is 11.6 Å². The van der Waals surface area contributed by atoms with E-state index in [-0.39, 0.29) is 6.04 Å². The second-order valence-electron chi connectivity index (χ2n) is 1.43. The molecule has 0 saturated carbocycles. The van der Waals surface area contributed by atoms with Crippen LogP contribution in [0.15, 0.2) is 0 Å². The molecule has 0 aliphatic heterocycles. The van der Waals surface area contributed by atoms with Crippen LogP contribution in [-0.2, 0) is 9.36 Å². The molecular weight excluding hydrogens is 127 g/mol. The Morgan fingerprint density at radius 3 is 2.50 bits per heavy atom. The molecule has 0 radical (unpaired) electrons. The average Bonchev–Trinajstić information content (AvgIpc) is 1.68. The van der Waals surface area contributed by atoms with Gasteiger partial charge < -0.3 is 15.1 Å². The highest BCUT2D eigenvalue weighted by Gasteiger charge is 1.98. The van der Waals surface area contributed by atoms with E-state index in [0.717, 1.165) is 0 Å². The largest absolute Gasteiger partial charge is 0.364 e. The minimum atomic E-state index is -0.127. The molecule has 0 aromatic rings. The molecule has 0 rings (SSSR count). The van der Waals surface area contributed by atoms with E-state index in [1.54, 1.807) is 0 Å². The first kappa shape index (κ1) is 8.27. The van der Waals surface area contributed by atoms with Gasteiger partial charge in [0.15, 0.2) is 0 Å². The number of hydrogen-bond acceptors (Lipinski definition) is 4. The zero-order valence-electron chi connectivity index (χ0n) is 4.54. The summed E-state index contributed by atoms with van der Waals surface area (Å²) in [4.78, 5) is 4.24. The molecule has 5 heteroatoms.